The van der Waals surface area contributed by atoms with Crippen LogP contribution in [-0.4, -0.2) is 4.08 Å². The molecule has 1 aromatic carbocycles. The van der Waals surface area contributed by atoms with E-state index >= 15 is 0 Å². The number of hydrogen-bond acceptors (Lipinski definition) is 4. The summed E-state index contributed by atoms with van der Waals surface area (Å²) in [5.74, 6) is 0. The second-order valence-electron chi connectivity index (χ2n) is 4.44. The molecule has 1 aliphatic heterocycles. The van der Waals surface area contributed by atoms with Crippen LogP contribution < -0.4 is 5.73 Å². The average molecular weight is 341 g/mol. The summed E-state index contributed by atoms with van der Waals surface area (Å²) in [6.45, 7) is 4.27. The summed E-state index contributed by atoms with van der Waals surface area (Å²) in [5.41, 5.74) is 7.81. The first-order valence-electron chi connectivity index (χ1n) is 5.45. The number of nitriles is 1. The Morgan fingerprint density at radius 3 is 2.50 bits per heavy atom. The molecule has 0 bridgehead atoms. The van der Waals surface area contributed by atoms with E-state index in [0.29, 0.717) is 10.6 Å². The lowest BCUT2D eigenvalue weighted by atomic mass is 10.1. The van der Waals surface area contributed by atoms with Crippen LogP contribution in [0.4, 0.5) is 0 Å². The first kappa shape index (κ1) is 13.9. The van der Waals surface area contributed by atoms with Crippen LogP contribution >= 0.6 is 39.5 Å². The van der Waals surface area contributed by atoms with Crippen LogP contribution in [0.2, 0.25) is 0 Å². The van der Waals surface area contributed by atoms with Crippen molar-refractivity contribution in [2.45, 2.75) is 23.2 Å². The Kier molecular flexibility index (Phi) is 4.00. The summed E-state index contributed by atoms with van der Waals surface area (Å²) in [5, 5.41) is 9.97. The van der Waals surface area contributed by atoms with E-state index < -0.39 is 0 Å². The molecule has 1 atom stereocenters. The standard InChI is InChI=1S/C13H13BrN2S2/c1-13(2)17-11(10(7-15)12(16)18-13)8-3-5-9(14)6-4-8/h3-6,11H,16H2,1-2H3. The fourth-order valence-electron chi connectivity index (χ4n) is 1.80. The van der Waals surface area contributed by atoms with E-state index in [9.17, 15) is 5.26 Å². The molecule has 0 saturated heterocycles. The molecule has 18 heavy (non-hydrogen) atoms. The van der Waals surface area contributed by atoms with Crippen molar-refractivity contribution in [1.82, 2.24) is 0 Å². The lowest BCUT2D eigenvalue weighted by Crippen LogP contribution is -2.22. The molecule has 1 aliphatic rings. The Balaban J connectivity index is 2.45. The summed E-state index contributed by atoms with van der Waals surface area (Å²) in [7, 11) is 0. The average Bonchev–Trinajstić information content (AvgIpc) is 2.28. The molecule has 1 heterocycles. The van der Waals surface area contributed by atoms with Crippen molar-refractivity contribution in [3.8, 4) is 6.07 Å². The first-order valence-corrected chi connectivity index (χ1v) is 7.94. The van der Waals surface area contributed by atoms with Gasteiger partial charge in [0.25, 0.3) is 0 Å². The van der Waals surface area contributed by atoms with Crippen LogP contribution in [0.25, 0.3) is 0 Å². The van der Waals surface area contributed by atoms with Crippen molar-refractivity contribution in [2.24, 2.45) is 5.73 Å². The summed E-state index contributed by atoms with van der Waals surface area (Å²) in [6.07, 6.45) is 0. The third kappa shape index (κ3) is 2.87. The van der Waals surface area contributed by atoms with Crippen LogP contribution in [0, 0.1) is 11.3 Å². The highest BCUT2D eigenvalue weighted by molar-refractivity contribution is 9.10. The van der Waals surface area contributed by atoms with Crippen LogP contribution in [-0.2, 0) is 0 Å². The lowest BCUT2D eigenvalue weighted by Gasteiger charge is -2.34. The minimum atomic E-state index is -0.0117. The molecule has 5 heteroatoms. The molecule has 0 aromatic heterocycles. The zero-order valence-corrected chi connectivity index (χ0v) is 13.3. The maximum Gasteiger partial charge on any atom is 0.0990 e. The second-order valence-corrected chi connectivity index (χ2v) is 9.01. The predicted octanol–water partition coefficient (Wildman–Crippen LogP) is 4.40. The van der Waals surface area contributed by atoms with E-state index in [1.54, 1.807) is 23.5 Å². The van der Waals surface area contributed by atoms with Gasteiger partial charge in [-0.1, -0.05) is 39.8 Å². The summed E-state index contributed by atoms with van der Waals surface area (Å²) in [4.78, 5) is 0. The van der Waals surface area contributed by atoms with Crippen LogP contribution in [0.15, 0.2) is 39.3 Å². The van der Waals surface area contributed by atoms with Crippen LogP contribution in [0.1, 0.15) is 24.7 Å². The number of benzene rings is 1. The fraction of sp³-hybridized carbons (Fsp3) is 0.308. The van der Waals surface area contributed by atoms with E-state index in [4.69, 9.17) is 5.73 Å². The van der Waals surface area contributed by atoms with Crippen LogP contribution in [0.3, 0.4) is 0 Å². The Bertz CT molecular complexity index is 529. The monoisotopic (exact) mass is 340 g/mol. The van der Waals surface area contributed by atoms with Gasteiger partial charge in [-0.2, -0.15) is 5.26 Å². The number of nitrogens with two attached hydrogens (primary N) is 1. The van der Waals surface area contributed by atoms with Gasteiger partial charge in [0.2, 0.25) is 0 Å². The number of hydrogen-bond donors (Lipinski definition) is 1. The van der Waals surface area contributed by atoms with Gasteiger partial charge in [0.1, 0.15) is 0 Å². The molecule has 1 aromatic rings. The highest BCUT2D eigenvalue weighted by atomic mass is 79.9. The van der Waals surface area contributed by atoms with Gasteiger partial charge in [0, 0.05) is 4.47 Å². The third-order valence-corrected chi connectivity index (χ3v) is 5.89. The highest BCUT2D eigenvalue weighted by Crippen LogP contribution is 2.55. The third-order valence-electron chi connectivity index (χ3n) is 2.58. The van der Waals surface area contributed by atoms with Gasteiger partial charge in [0.05, 0.1) is 26.0 Å². The molecule has 2 N–H and O–H groups in total. The first-order chi connectivity index (χ1) is 8.43. The quantitative estimate of drug-likeness (QED) is 0.822. The molecular formula is C13H13BrN2S2. The normalized spacial score (nSPS) is 22.7. The minimum Gasteiger partial charge on any atom is -0.393 e. The van der Waals surface area contributed by atoms with Crippen molar-refractivity contribution < 1.29 is 0 Å². The SMILES string of the molecule is CC1(C)SC(N)=C(C#N)C(c2ccc(Br)cc2)S1. The van der Waals surface area contributed by atoms with Crippen molar-refractivity contribution in [2.75, 3.05) is 0 Å². The van der Waals surface area contributed by atoms with E-state index in [0.717, 1.165) is 10.0 Å². The Morgan fingerprint density at radius 1 is 1.33 bits per heavy atom. The largest absolute Gasteiger partial charge is 0.393 e. The van der Waals surface area contributed by atoms with Gasteiger partial charge in [-0.15, -0.1) is 11.8 Å². The zero-order valence-electron chi connectivity index (χ0n) is 10.1. The smallest absolute Gasteiger partial charge is 0.0990 e. The molecule has 94 valence electrons. The van der Waals surface area contributed by atoms with E-state index in [1.165, 1.54) is 0 Å². The highest BCUT2D eigenvalue weighted by Gasteiger charge is 2.35. The maximum absolute atomic E-state index is 9.29. The van der Waals surface area contributed by atoms with E-state index in [1.807, 2.05) is 24.3 Å². The van der Waals surface area contributed by atoms with Gasteiger partial charge in [-0.25, -0.2) is 0 Å². The number of nitrogens with zero attached hydrogens (tertiary/aromatic N) is 1. The van der Waals surface area contributed by atoms with Gasteiger partial charge < -0.3 is 5.73 Å². The summed E-state index contributed by atoms with van der Waals surface area (Å²) in [6, 6.07) is 10.3. The van der Waals surface area contributed by atoms with Crippen molar-refractivity contribution in [1.29, 1.82) is 5.26 Å². The molecule has 0 spiro atoms. The maximum atomic E-state index is 9.29. The van der Waals surface area contributed by atoms with Gasteiger partial charge in [-0.3, -0.25) is 0 Å². The molecular weight excluding hydrogens is 328 g/mol. The van der Waals surface area contributed by atoms with Gasteiger partial charge >= 0.3 is 0 Å². The van der Waals surface area contributed by atoms with E-state index in [-0.39, 0.29) is 9.33 Å². The molecule has 0 aliphatic carbocycles. The molecule has 0 amide bonds. The molecule has 0 radical (unpaired) electrons. The molecule has 0 saturated carbocycles. The molecule has 2 nitrogen and oxygen atoms in total. The minimum absolute atomic E-state index is 0.0117. The van der Waals surface area contributed by atoms with Crippen LogP contribution in [0.5, 0.6) is 0 Å². The lowest BCUT2D eigenvalue weighted by molar-refractivity contribution is 0.989. The number of rotatable bonds is 1. The molecule has 2 rings (SSSR count). The van der Waals surface area contributed by atoms with Gasteiger partial charge in [0.15, 0.2) is 0 Å². The zero-order chi connectivity index (χ0) is 13.3. The number of halogens is 1. The van der Waals surface area contributed by atoms with Crippen molar-refractivity contribution >= 4 is 39.5 Å². The van der Waals surface area contributed by atoms with Crippen molar-refractivity contribution in [3.05, 3.63) is 44.9 Å². The van der Waals surface area contributed by atoms with Crippen molar-refractivity contribution in [3.63, 3.8) is 0 Å². The number of thioether (sulfide) groups is 2. The Labute approximate surface area is 124 Å². The Morgan fingerprint density at radius 2 is 1.94 bits per heavy atom. The van der Waals surface area contributed by atoms with Gasteiger partial charge in [-0.05, 0) is 31.5 Å². The van der Waals surface area contributed by atoms with E-state index in [2.05, 4.69) is 35.8 Å². The summed E-state index contributed by atoms with van der Waals surface area (Å²) < 4.78 is 1.03. The fourth-order valence-corrected chi connectivity index (χ4v) is 4.85. The predicted molar refractivity (Wildman–Crippen MR) is 83.0 cm³/mol. The molecule has 1 unspecified atom stereocenters. The Hall–Kier alpha value is -0.570. The topological polar surface area (TPSA) is 49.8 Å². The summed E-state index contributed by atoms with van der Waals surface area (Å²) >= 11 is 6.76. The molecule has 0 fully saturated rings. The second kappa shape index (κ2) is 5.20.